The maximum absolute atomic E-state index is 13.4. The topological polar surface area (TPSA) is 48.3 Å². The summed E-state index contributed by atoms with van der Waals surface area (Å²) in [6, 6.07) is 12.9. The van der Waals surface area contributed by atoms with E-state index in [1.165, 1.54) is 6.08 Å². The van der Waals surface area contributed by atoms with Gasteiger partial charge < -0.3 is 4.74 Å². The highest BCUT2D eigenvalue weighted by Gasteiger charge is 2.22. The number of benzene rings is 2. The van der Waals surface area contributed by atoms with Gasteiger partial charge in [0.15, 0.2) is 0 Å². The lowest BCUT2D eigenvalue weighted by Gasteiger charge is -2.08. The van der Waals surface area contributed by atoms with E-state index in [0.717, 1.165) is 34.9 Å². The quantitative estimate of drug-likeness (QED) is 0.206. The number of aryl methyl sites for hydroxylation is 1. The highest BCUT2D eigenvalue weighted by molar-refractivity contribution is 6.30. The molecule has 0 unspecified atom stereocenters. The molecule has 0 saturated carbocycles. The summed E-state index contributed by atoms with van der Waals surface area (Å²) in [6.07, 6.45) is 8.77. The van der Waals surface area contributed by atoms with Gasteiger partial charge in [-0.1, -0.05) is 49.7 Å². The van der Waals surface area contributed by atoms with Crippen LogP contribution in [0.2, 0.25) is 5.02 Å². The monoisotopic (exact) mass is 461 g/mol. The van der Waals surface area contributed by atoms with E-state index in [1.807, 2.05) is 32.1 Å². The first-order valence-corrected chi connectivity index (χ1v) is 11.4. The average Bonchev–Trinajstić information content (AvgIpc) is 3.07. The van der Waals surface area contributed by atoms with Gasteiger partial charge in [-0.3, -0.25) is 14.2 Å². The fourth-order valence-electron chi connectivity index (χ4n) is 3.83. The smallest absolute Gasteiger partial charge is 0.315 e. The van der Waals surface area contributed by atoms with Crippen molar-refractivity contribution in [3.63, 3.8) is 0 Å². The molecule has 0 fully saturated rings. The van der Waals surface area contributed by atoms with E-state index >= 15 is 0 Å². The third kappa shape index (κ3) is 5.52. The van der Waals surface area contributed by atoms with Gasteiger partial charge in [0.1, 0.15) is 5.76 Å². The molecule has 3 aromatic rings. The minimum absolute atomic E-state index is 0.0415. The zero-order chi connectivity index (χ0) is 24.0. The van der Waals surface area contributed by atoms with Gasteiger partial charge >= 0.3 is 5.97 Å². The van der Waals surface area contributed by atoms with Crippen molar-refractivity contribution in [2.24, 2.45) is 0 Å². The van der Waals surface area contributed by atoms with E-state index in [-0.39, 0.29) is 12.3 Å². The molecule has 0 aliphatic heterocycles. The number of aromatic nitrogens is 1. The van der Waals surface area contributed by atoms with Crippen molar-refractivity contribution in [3.8, 4) is 0 Å². The Balaban J connectivity index is 2.07. The lowest BCUT2D eigenvalue weighted by Crippen LogP contribution is -2.14. The predicted molar refractivity (Wildman–Crippen MR) is 135 cm³/mol. The van der Waals surface area contributed by atoms with Gasteiger partial charge in [0.25, 0.3) is 5.91 Å². The van der Waals surface area contributed by atoms with Crippen LogP contribution < -0.4 is 0 Å². The van der Waals surface area contributed by atoms with Crippen LogP contribution in [-0.2, 0) is 22.4 Å². The van der Waals surface area contributed by atoms with Crippen molar-refractivity contribution >= 4 is 34.4 Å². The fourth-order valence-corrected chi connectivity index (χ4v) is 3.95. The van der Waals surface area contributed by atoms with Crippen LogP contribution in [0.5, 0.6) is 0 Å². The molecule has 0 radical (unpaired) electrons. The summed E-state index contributed by atoms with van der Waals surface area (Å²) in [6.45, 7) is 9.56. The molecule has 33 heavy (non-hydrogen) atoms. The largest absolute Gasteiger partial charge is 0.426 e. The van der Waals surface area contributed by atoms with Gasteiger partial charge in [-0.15, -0.1) is 0 Å². The minimum atomic E-state index is -0.410. The second kappa shape index (κ2) is 11.0. The Morgan fingerprint density at radius 1 is 1.15 bits per heavy atom. The van der Waals surface area contributed by atoms with Crippen molar-refractivity contribution < 1.29 is 14.3 Å². The molecule has 2 aromatic carbocycles. The van der Waals surface area contributed by atoms with Crippen LogP contribution in [0.3, 0.4) is 0 Å². The summed E-state index contributed by atoms with van der Waals surface area (Å²) < 4.78 is 7.17. The summed E-state index contributed by atoms with van der Waals surface area (Å²) in [5.74, 6) is -0.201. The van der Waals surface area contributed by atoms with Gasteiger partial charge in [-0.2, -0.15) is 0 Å². The molecule has 0 bridgehead atoms. The molecule has 0 atom stereocenters. The first-order valence-electron chi connectivity index (χ1n) is 11.0. The van der Waals surface area contributed by atoms with Gasteiger partial charge in [-0.25, -0.2) is 0 Å². The zero-order valence-electron chi connectivity index (χ0n) is 19.2. The van der Waals surface area contributed by atoms with Crippen molar-refractivity contribution in [3.05, 3.63) is 107 Å². The predicted octanol–water partition coefficient (Wildman–Crippen LogP) is 6.98. The summed E-state index contributed by atoms with van der Waals surface area (Å²) >= 11 is 6.00. The van der Waals surface area contributed by atoms with Crippen molar-refractivity contribution in [1.82, 2.24) is 4.57 Å². The molecule has 0 aliphatic rings. The SMILES string of the molecule is C=C/C(=C\C=C/C)OC(=O)Cc1c(C)n(C(=O)c2ccc(Cl)cc2)c2ccc(CCC)cc12. The summed E-state index contributed by atoms with van der Waals surface area (Å²) in [4.78, 5) is 26.2. The molecule has 0 N–H and O–H groups in total. The minimum Gasteiger partial charge on any atom is -0.426 e. The van der Waals surface area contributed by atoms with Crippen LogP contribution in [0.15, 0.2) is 79.1 Å². The molecular weight excluding hydrogens is 434 g/mol. The maximum Gasteiger partial charge on any atom is 0.315 e. The highest BCUT2D eigenvalue weighted by Crippen LogP contribution is 2.29. The molecule has 170 valence electrons. The third-order valence-electron chi connectivity index (χ3n) is 5.44. The molecule has 5 heteroatoms. The summed E-state index contributed by atoms with van der Waals surface area (Å²) in [5.41, 5.74) is 3.95. The number of hydrogen-bond acceptors (Lipinski definition) is 3. The zero-order valence-corrected chi connectivity index (χ0v) is 20.0. The van der Waals surface area contributed by atoms with E-state index in [1.54, 1.807) is 41.0 Å². The maximum atomic E-state index is 13.4. The lowest BCUT2D eigenvalue weighted by atomic mass is 10.0. The van der Waals surface area contributed by atoms with Gasteiger partial charge in [0, 0.05) is 21.7 Å². The molecule has 0 aliphatic carbocycles. The third-order valence-corrected chi connectivity index (χ3v) is 5.69. The number of carbonyl (C=O) groups is 2. The number of rotatable bonds is 8. The van der Waals surface area contributed by atoms with Crippen molar-refractivity contribution in [2.45, 2.75) is 40.0 Å². The number of esters is 1. The van der Waals surface area contributed by atoms with Crippen LogP contribution in [-0.4, -0.2) is 16.4 Å². The summed E-state index contributed by atoms with van der Waals surface area (Å²) in [5, 5.41) is 1.45. The molecule has 3 rings (SSSR count). The Morgan fingerprint density at radius 2 is 1.88 bits per heavy atom. The molecular formula is C28H28ClNO3. The van der Waals surface area contributed by atoms with E-state index in [9.17, 15) is 9.59 Å². The van der Waals surface area contributed by atoms with Crippen LogP contribution >= 0.6 is 11.6 Å². The normalized spacial score (nSPS) is 11.8. The van der Waals surface area contributed by atoms with Crippen LogP contribution in [0.1, 0.15) is 47.4 Å². The molecule has 0 amide bonds. The van der Waals surface area contributed by atoms with Gasteiger partial charge in [0.2, 0.25) is 0 Å². The number of hydrogen-bond donors (Lipinski definition) is 0. The first kappa shape index (κ1) is 24.3. The lowest BCUT2D eigenvalue weighted by molar-refractivity contribution is -0.138. The molecule has 1 heterocycles. The number of fused-ring (bicyclic) bond motifs is 1. The standard InChI is InChI=1S/C28H28ClNO3/c1-5-8-10-23(7-3)33-27(31)18-24-19(4)30(28(32)21-12-14-22(29)15-13-21)26-16-11-20(9-6-2)17-25(24)26/h5,7-8,10-17H,3,6,9,18H2,1-2,4H3/b8-5-,23-10+. The molecule has 0 saturated heterocycles. The second-order valence-electron chi connectivity index (χ2n) is 7.76. The number of ether oxygens (including phenoxy) is 1. The van der Waals surface area contributed by atoms with Crippen LogP contribution in [0, 0.1) is 6.92 Å². The fraction of sp³-hybridized carbons (Fsp3) is 0.214. The van der Waals surface area contributed by atoms with E-state index < -0.39 is 5.97 Å². The Morgan fingerprint density at radius 3 is 2.52 bits per heavy atom. The highest BCUT2D eigenvalue weighted by atomic mass is 35.5. The van der Waals surface area contributed by atoms with E-state index in [4.69, 9.17) is 16.3 Å². The number of nitrogens with zero attached hydrogens (tertiary/aromatic N) is 1. The van der Waals surface area contributed by atoms with Crippen molar-refractivity contribution in [1.29, 1.82) is 0 Å². The average molecular weight is 462 g/mol. The first-order chi connectivity index (χ1) is 15.9. The van der Waals surface area contributed by atoms with Crippen LogP contribution in [0.25, 0.3) is 10.9 Å². The Kier molecular flexibility index (Phi) is 8.07. The van der Waals surface area contributed by atoms with Gasteiger partial charge in [-0.05, 0) is 79.9 Å². The Hall–Kier alpha value is -3.37. The summed E-state index contributed by atoms with van der Waals surface area (Å²) in [7, 11) is 0. The number of carbonyl (C=O) groups excluding carboxylic acids is 2. The van der Waals surface area contributed by atoms with E-state index in [2.05, 4.69) is 19.6 Å². The molecule has 1 aromatic heterocycles. The molecule has 4 nitrogen and oxygen atoms in total. The molecule has 0 spiro atoms. The second-order valence-corrected chi connectivity index (χ2v) is 8.20. The van der Waals surface area contributed by atoms with E-state index in [0.29, 0.717) is 22.0 Å². The van der Waals surface area contributed by atoms with Crippen LogP contribution in [0.4, 0.5) is 0 Å². The Labute approximate surface area is 199 Å². The van der Waals surface area contributed by atoms with Gasteiger partial charge in [0.05, 0.1) is 11.9 Å². The van der Waals surface area contributed by atoms with Crippen molar-refractivity contribution in [2.75, 3.05) is 0 Å². The number of allylic oxidation sites excluding steroid dienone is 4. The number of halogens is 1. The Bertz CT molecular complexity index is 1250.